The van der Waals surface area contributed by atoms with Crippen molar-refractivity contribution in [3.8, 4) is 17.2 Å². The number of aromatic nitrogens is 3. The van der Waals surface area contributed by atoms with Crippen LogP contribution in [0.1, 0.15) is 49.3 Å². The first-order chi connectivity index (χ1) is 15.0. The Labute approximate surface area is 207 Å². The van der Waals surface area contributed by atoms with Gasteiger partial charge in [0.1, 0.15) is 5.82 Å². The average Bonchev–Trinajstić information content (AvgIpc) is 3.12. The maximum atomic E-state index is 5.47. The molecule has 0 aliphatic heterocycles. The summed E-state index contributed by atoms with van der Waals surface area (Å²) in [5.74, 6) is 4.33. The van der Waals surface area contributed by atoms with Crippen LogP contribution in [0.2, 0.25) is 0 Å². The van der Waals surface area contributed by atoms with Crippen LogP contribution >= 0.6 is 24.0 Å². The van der Waals surface area contributed by atoms with Gasteiger partial charge in [-0.2, -0.15) is 0 Å². The Morgan fingerprint density at radius 1 is 1.06 bits per heavy atom. The van der Waals surface area contributed by atoms with Crippen molar-refractivity contribution >= 4 is 29.9 Å². The third-order valence-corrected chi connectivity index (χ3v) is 5.69. The lowest BCUT2D eigenvalue weighted by molar-refractivity contribution is 0.324. The van der Waals surface area contributed by atoms with E-state index in [1.165, 1.54) is 19.3 Å². The molecule has 9 nitrogen and oxygen atoms in total. The summed E-state index contributed by atoms with van der Waals surface area (Å²) < 4.78 is 18.3. The minimum atomic E-state index is 0. The van der Waals surface area contributed by atoms with E-state index in [2.05, 4.69) is 20.8 Å². The summed E-state index contributed by atoms with van der Waals surface area (Å²) in [4.78, 5) is 4.83. The Hall–Kier alpha value is -2.24. The smallest absolute Gasteiger partial charge is 0.203 e. The van der Waals surface area contributed by atoms with Crippen LogP contribution in [0, 0.1) is 6.92 Å². The summed E-state index contributed by atoms with van der Waals surface area (Å²) in [6.07, 6.45) is 6.13. The highest BCUT2D eigenvalue weighted by Gasteiger charge is 2.16. The third-order valence-electron chi connectivity index (χ3n) is 5.69. The lowest BCUT2D eigenvalue weighted by atomic mass is 9.96. The van der Waals surface area contributed by atoms with Gasteiger partial charge >= 0.3 is 0 Å². The first kappa shape index (κ1) is 26.0. The van der Waals surface area contributed by atoms with Gasteiger partial charge in [-0.3, -0.25) is 0 Å². The van der Waals surface area contributed by atoms with E-state index >= 15 is 0 Å². The van der Waals surface area contributed by atoms with Crippen LogP contribution in [-0.4, -0.2) is 48.1 Å². The molecule has 2 aromatic rings. The zero-order valence-electron chi connectivity index (χ0n) is 19.6. The number of methoxy groups -OCH3 is 3. The van der Waals surface area contributed by atoms with Crippen LogP contribution in [0.3, 0.4) is 0 Å². The number of hydrogen-bond acceptors (Lipinski definition) is 6. The number of ether oxygens (including phenoxy) is 3. The number of aryl methyl sites for hydroxylation is 1. The van der Waals surface area contributed by atoms with Crippen molar-refractivity contribution in [3.63, 3.8) is 0 Å². The molecule has 1 aliphatic rings. The van der Waals surface area contributed by atoms with Crippen LogP contribution < -0.4 is 24.8 Å². The molecular weight excluding hydrogens is 523 g/mol. The van der Waals surface area contributed by atoms with Crippen molar-refractivity contribution in [1.82, 2.24) is 25.4 Å². The molecule has 10 heteroatoms. The SMILES string of the molecule is COc1cc(CN=C(NCc2nnc(C)n2C)NC2CCCCC2)cc(OC)c1OC.I. The van der Waals surface area contributed by atoms with Crippen molar-refractivity contribution in [1.29, 1.82) is 0 Å². The molecule has 178 valence electrons. The van der Waals surface area contributed by atoms with Gasteiger partial charge in [-0.1, -0.05) is 19.3 Å². The van der Waals surface area contributed by atoms with E-state index in [0.717, 1.165) is 36.0 Å². The molecule has 2 N–H and O–H groups in total. The van der Waals surface area contributed by atoms with E-state index in [4.69, 9.17) is 19.2 Å². The first-order valence-electron chi connectivity index (χ1n) is 10.7. The van der Waals surface area contributed by atoms with Gasteiger partial charge in [-0.15, -0.1) is 34.2 Å². The summed E-state index contributed by atoms with van der Waals surface area (Å²) in [6.45, 7) is 2.96. The molecule has 0 radical (unpaired) electrons. The summed E-state index contributed by atoms with van der Waals surface area (Å²) in [7, 11) is 6.80. The van der Waals surface area contributed by atoms with Crippen LogP contribution in [0.25, 0.3) is 0 Å². The molecule has 0 amide bonds. The number of benzene rings is 1. The second kappa shape index (κ2) is 12.7. The van der Waals surface area contributed by atoms with Crippen LogP contribution in [0.4, 0.5) is 0 Å². The Balaban J connectivity index is 0.00000363. The standard InChI is InChI=1S/C22H34N6O3.HI/c1-15-26-27-20(28(15)2)14-24-22(25-17-9-7-6-8-10-17)23-13-16-11-18(29-3)21(31-5)19(12-16)30-4;/h11-12,17H,6-10,13-14H2,1-5H3,(H2,23,24,25);1H. The Morgan fingerprint density at radius 2 is 1.72 bits per heavy atom. The zero-order valence-corrected chi connectivity index (χ0v) is 21.9. The highest BCUT2D eigenvalue weighted by Crippen LogP contribution is 2.38. The van der Waals surface area contributed by atoms with Gasteiger partial charge in [0.05, 0.1) is 34.4 Å². The molecule has 0 atom stereocenters. The van der Waals surface area contributed by atoms with Crippen molar-refractivity contribution in [3.05, 3.63) is 29.3 Å². The fraction of sp³-hybridized carbons (Fsp3) is 0.591. The van der Waals surface area contributed by atoms with Gasteiger partial charge in [0.2, 0.25) is 5.75 Å². The van der Waals surface area contributed by atoms with Crippen LogP contribution in [-0.2, 0) is 20.1 Å². The number of guanidine groups is 1. The monoisotopic (exact) mass is 558 g/mol. The fourth-order valence-electron chi connectivity index (χ4n) is 3.76. The summed E-state index contributed by atoms with van der Waals surface area (Å²) in [5.41, 5.74) is 0.966. The first-order valence-corrected chi connectivity index (χ1v) is 10.7. The predicted molar refractivity (Wildman–Crippen MR) is 135 cm³/mol. The molecule has 0 saturated heterocycles. The molecule has 1 saturated carbocycles. The average molecular weight is 558 g/mol. The van der Waals surface area contributed by atoms with Crippen molar-refractivity contribution in [2.45, 2.75) is 58.2 Å². The molecule has 1 heterocycles. The minimum Gasteiger partial charge on any atom is -0.493 e. The quantitative estimate of drug-likeness (QED) is 0.292. The maximum absolute atomic E-state index is 5.47. The van der Waals surface area contributed by atoms with E-state index in [1.807, 2.05) is 30.7 Å². The summed E-state index contributed by atoms with van der Waals surface area (Å²) in [5, 5.41) is 15.4. The number of aliphatic imine (C=N–C) groups is 1. The van der Waals surface area contributed by atoms with Gasteiger partial charge in [0.15, 0.2) is 23.3 Å². The molecule has 3 rings (SSSR count). The lowest BCUT2D eigenvalue weighted by Gasteiger charge is -2.25. The van der Waals surface area contributed by atoms with Crippen LogP contribution in [0.5, 0.6) is 17.2 Å². The highest BCUT2D eigenvalue weighted by atomic mass is 127. The number of nitrogens with one attached hydrogen (secondary N) is 2. The maximum Gasteiger partial charge on any atom is 0.203 e. The molecule has 1 aromatic carbocycles. The Bertz CT molecular complexity index is 871. The topological polar surface area (TPSA) is 94.8 Å². The van der Waals surface area contributed by atoms with Gasteiger partial charge in [0.25, 0.3) is 0 Å². The largest absolute Gasteiger partial charge is 0.493 e. The van der Waals surface area contributed by atoms with Crippen molar-refractivity contribution in [2.75, 3.05) is 21.3 Å². The van der Waals surface area contributed by atoms with Gasteiger partial charge in [-0.05, 0) is 37.5 Å². The molecule has 1 aliphatic carbocycles. The molecule has 32 heavy (non-hydrogen) atoms. The summed E-state index contributed by atoms with van der Waals surface area (Å²) >= 11 is 0. The van der Waals surface area contributed by atoms with Crippen molar-refractivity contribution in [2.24, 2.45) is 12.0 Å². The Kier molecular flexibility index (Phi) is 10.3. The zero-order chi connectivity index (χ0) is 22.2. The third kappa shape index (κ3) is 6.63. The molecule has 0 bridgehead atoms. The van der Waals surface area contributed by atoms with E-state index in [0.29, 0.717) is 36.4 Å². The molecular formula is C22H35IN6O3. The van der Waals surface area contributed by atoms with Crippen molar-refractivity contribution < 1.29 is 14.2 Å². The Morgan fingerprint density at radius 3 is 2.25 bits per heavy atom. The number of nitrogens with zero attached hydrogens (tertiary/aromatic N) is 4. The van der Waals surface area contributed by atoms with Gasteiger partial charge in [0, 0.05) is 13.1 Å². The van der Waals surface area contributed by atoms with Gasteiger partial charge < -0.3 is 29.4 Å². The molecule has 1 fully saturated rings. The van der Waals surface area contributed by atoms with Crippen LogP contribution in [0.15, 0.2) is 17.1 Å². The lowest BCUT2D eigenvalue weighted by Crippen LogP contribution is -2.44. The number of rotatable bonds is 8. The van der Waals surface area contributed by atoms with Gasteiger partial charge in [-0.25, -0.2) is 4.99 Å². The minimum absolute atomic E-state index is 0. The summed E-state index contributed by atoms with van der Waals surface area (Å²) in [6, 6.07) is 4.28. The normalized spacial score (nSPS) is 14.5. The van der Waals surface area contributed by atoms with E-state index in [1.54, 1.807) is 21.3 Å². The van der Waals surface area contributed by atoms with E-state index in [9.17, 15) is 0 Å². The molecule has 0 unspecified atom stereocenters. The highest BCUT2D eigenvalue weighted by molar-refractivity contribution is 14.0. The fourth-order valence-corrected chi connectivity index (χ4v) is 3.76. The second-order valence-electron chi connectivity index (χ2n) is 7.75. The number of halogens is 1. The number of hydrogen-bond donors (Lipinski definition) is 2. The van der Waals surface area contributed by atoms with E-state index < -0.39 is 0 Å². The molecule has 1 aromatic heterocycles. The predicted octanol–water partition coefficient (Wildman–Crippen LogP) is 3.34. The second-order valence-corrected chi connectivity index (χ2v) is 7.75. The van der Waals surface area contributed by atoms with E-state index in [-0.39, 0.29) is 24.0 Å². The molecule has 0 spiro atoms.